The maximum Gasteiger partial charge on any atom is 0.141 e. The molecule has 0 spiro atoms. The average Bonchev–Trinajstić information content (AvgIpc) is 3.13. The summed E-state index contributed by atoms with van der Waals surface area (Å²) in [5.74, 6) is 1.30. The third-order valence-corrected chi connectivity index (χ3v) is 4.62. The molecule has 0 fully saturated rings. The molecule has 5 nitrogen and oxygen atoms in total. The van der Waals surface area contributed by atoms with Crippen molar-refractivity contribution < 1.29 is 9.84 Å². The molecule has 0 saturated carbocycles. The molecule has 24 heavy (non-hydrogen) atoms. The maximum atomic E-state index is 9.41. The first-order valence-corrected chi connectivity index (χ1v) is 8.95. The molecule has 0 aliphatic carbocycles. The Bertz CT molecular complexity index is 656. The van der Waals surface area contributed by atoms with Gasteiger partial charge in [0.2, 0.25) is 0 Å². The van der Waals surface area contributed by atoms with Gasteiger partial charge < -0.3 is 20.9 Å². The van der Waals surface area contributed by atoms with Gasteiger partial charge in [-0.25, -0.2) is 4.99 Å². The molecule has 2 rings (SSSR count). The fraction of sp³-hybridized carbons (Fsp3) is 0.389. The molecule has 4 N–H and O–H groups in total. The molecule has 1 unspecified atom stereocenters. The Morgan fingerprint density at radius 1 is 1.42 bits per heavy atom. The summed E-state index contributed by atoms with van der Waals surface area (Å²) in [4.78, 5) is 5.45. The molecule has 1 atom stereocenters. The zero-order chi connectivity index (χ0) is 17.4. The van der Waals surface area contributed by atoms with Crippen molar-refractivity contribution in [2.24, 2.45) is 10.7 Å². The van der Waals surface area contributed by atoms with Gasteiger partial charge in [-0.2, -0.15) is 0 Å². The second kappa shape index (κ2) is 9.42. The zero-order valence-corrected chi connectivity index (χ0v) is 15.0. The van der Waals surface area contributed by atoms with Crippen LogP contribution in [0.2, 0.25) is 0 Å². The van der Waals surface area contributed by atoms with Gasteiger partial charge in [0.05, 0.1) is 24.3 Å². The first-order valence-electron chi connectivity index (χ1n) is 8.07. The van der Waals surface area contributed by atoms with Crippen molar-refractivity contribution in [3.8, 4) is 5.75 Å². The number of ether oxygens (including phenoxy) is 1. The van der Waals surface area contributed by atoms with Crippen molar-refractivity contribution in [1.29, 1.82) is 0 Å². The number of hydrogen-bond donors (Lipinski definition) is 3. The van der Waals surface area contributed by atoms with Crippen LogP contribution in [0.5, 0.6) is 5.75 Å². The Balaban J connectivity index is 2.16. The average molecular weight is 347 g/mol. The van der Waals surface area contributed by atoms with Gasteiger partial charge in [-0.3, -0.25) is 0 Å². The molecule has 1 aromatic carbocycles. The molecule has 1 heterocycles. The smallest absolute Gasteiger partial charge is 0.141 e. The van der Waals surface area contributed by atoms with Gasteiger partial charge in [0.25, 0.3) is 0 Å². The van der Waals surface area contributed by atoms with Crippen LogP contribution in [0.25, 0.3) is 0 Å². The molecule has 2 aromatic rings. The van der Waals surface area contributed by atoms with E-state index in [-0.39, 0.29) is 12.6 Å². The van der Waals surface area contributed by atoms with Crippen LogP contribution in [0.3, 0.4) is 0 Å². The number of hydrogen-bond acceptors (Lipinski definition) is 5. The molecule has 0 aliphatic rings. The highest BCUT2D eigenvalue weighted by Gasteiger charge is 2.09. The van der Waals surface area contributed by atoms with E-state index in [2.05, 4.69) is 17.2 Å². The molecule has 0 bridgehead atoms. The van der Waals surface area contributed by atoms with Crippen LogP contribution in [-0.4, -0.2) is 30.7 Å². The summed E-state index contributed by atoms with van der Waals surface area (Å²) in [7, 11) is 1.65. The van der Waals surface area contributed by atoms with E-state index in [1.54, 1.807) is 18.4 Å². The summed E-state index contributed by atoms with van der Waals surface area (Å²) >= 11 is 1.56. The van der Waals surface area contributed by atoms with Gasteiger partial charge >= 0.3 is 0 Å². The maximum absolute atomic E-state index is 9.41. The van der Waals surface area contributed by atoms with Crippen LogP contribution in [0.4, 0.5) is 5.69 Å². The Kier molecular flexibility index (Phi) is 7.24. The standard InChI is InChI=1S/C18H25N3O2S/c1-3-5-15(12-22)20-11-13-10-14(7-8-16(13)23-2)21-18(19)17-6-4-9-24-17/h4,6-10,15,20,22H,3,5,11-12H2,1-2H3,(H2,19,21). The van der Waals surface area contributed by atoms with E-state index in [0.29, 0.717) is 12.4 Å². The molecule has 0 radical (unpaired) electrons. The molecule has 0 aliphatic heterocycles. The minimum Gasteiger partial charge on any atom is -0.496 e. The fourth-order valence-electron chi connectivity index (χ4n) is 2.45. The number of thiophene rings is 1. The van der Waals surface area contributed by atoms with Crippen molar-refractivity contribution in [2.75, 3.05) is 13.7 Å². The van der Waals surface area contributed by atoms with Gasteiger partial charge in [-0.1, -0.05) is 19.4 Å². The van der Waals surface area contributed by atoms with Gasteiger partial charge in [-0.05, 0) is 36.1 Å². The van der Waals surface area contributed by atoms with Crippen molar-refractivity contribution in [3.63, 3.8) is 0 Å². The van der Waals surface area contributed by atoms with Crippen LogP contribution in [-0.2, 0) is 6.54 Å². The van der Waals surface area contributed by atoms with Crippen LogP contribution < -0.4 is 15.8 Å². The predicted octanol–water partition coefficient (Wildman–Crippen LogP) is 3.04. The van der Waals surface area contributed by atoms with Crippen molar-refractivity contribution >= 4 is 22.9 Å². The van der Waals surface area contributed by atoms with Crippen molar-refractivity contribution in [3.05, 3.63) is 46.2 Å². The number of nitrogens with zero attached hydrogens (tertiary/aromatic N) is 1. The molecule has 0 amide bonds. The number of aliphatic hydroxyl groups excluding tert-OH is 1. The largest absolute Gasteiger partial charge is 0.496 e. The van der Waals surface area contributed by atoms with E-state index in [4.69, 9.17) is 10.5 Å². The first-order chi connectivity index (χ1) is 11.7. The van der Waals surface area contributed by atoms with Crippen LogP contribution in [0.15, 0.2) is 40.7 Å². The lowest BCUT2D eigenvalue weighted by atomic mass is 10.1. The van der Waals surface area contributed by atoms with E-state index in [9.17, 15) is 5.11 Å². The summed E-state index contributed by atoms with van der Waals surface area (Å²) in [6.45, 7) is 2.84. The molecular weight excluding hydrogens is 322 g/mol. The number of nitrogens with one attached hydrogen (secondary N) is 1. The normalized spacial score (nSPS) is 13.0. The summed E-state index contributed by atoms with van der Waals surface area (Å²) in [6, 6.07) is 9.74. The lowest BCUT2D eigenvalue weighted by molar-refractivity contribution is 0.233. The monoisotopic (exact) mass is 347 g/mol. The third kappa shape index (κ3) is 5.06. The summed E-state index contributed by atoms with van der Waals surface area (Å²) in [5.41, 5.74) is 7.84. The van der Waals surface area contributed by atoms with Gasteiger partial charge in [0, 0.05) is 18.2 Å². The van der Waals surface area contributed by atoms with E-state index >= 15 is 0 Å². The third-order valence-electron chi connectivity index (χ3n) is 3.73. The van der Waals surface area contributed by atoms with Gasteiger partial charge in [0.1, 0.15) is 11.6 Å². The fourth-order valence-corrected chi connectivity index (χ4v) is 3.08. The number of amidine groups is 1. The number of nitrogens with two attached hydrogens (primary N) is 1. The van der Waals surface area contributed by atoms with Crippen LogP contribution in [0.1, 0.15) is 30.2 Å². The highest BCUT2D eigenvalue weighted by Crippen LogP contribution is 2.25. The van der Waals surface area contributed by atoms with Gasteiger partial charge in [0.15, 0.2) is 0 Å². The molecular formula is C18H25N3O2S. The highest BCUT2D eigenvalue weighted by molar-refractivity contribution is 7.12. The summed E-state index contributed by atoms with van der Waals surface area (Å²) in [5, 5.41) is 14.7. The number of aliphatic imine (C=N–C) groups is 1. The van der Waals surface area contributed by atoms with E-state index < -0.39 is 0 Å². The zero-order valence-electron chi connectivity index (χ0n) is 14.2. The molecule has 130 valence electrons. The number of benzene rings is 1. The Morgan fingerprint density at radius 3 is 2.88 bits per heavy atom. The Hall–Kier alpha value is -1.89. The molecule has 1 aromatic heterocycles. The van der Waals surface area contributed by atoms with Gasteiger partial charge in [-0.15, -0.1) is 11.3 Å². The second-order valence-corrected chi connectivity index (χ2v) is 6.47. The van der Waals surface area contributed by atoms with E-state index in [1.165, 1.54) is 0 Å². The number of methoxy groups -OCH3 is 1. The van der Waals surface area contributed by atoms with Crippen LogP contribution >= 0.6 is 11.3 Å². The van der Waals surface area contributed by atoms with Crippen LogP contribution in [0, 0.1) is 0 Å². The SMILES string of the molecule is CCCC(CO)NCc1cc(N=C(N)c2cccs2)ccc1OC. The quantitative estimate of drug-likeness (QED) is 0.481. The Morgan fingerprint density at radius 2 is 2.25 bits per heavy atom. The van der Waals surface area contributed by atoms with E-state index in [0.717, 1.165) is 34.7 Å². The molecule has 0 saturated heterocycles. The summed E-state index contributed by atoms with van der Waals surface area (Å²) < 4.78 is 5.42. The number of rotatable bonds is 9. The van der Waals surface area contributed by atoms with Crippen molar-refractivity contribution in [1.82, 2.24) is 5.32 Å². The minimum absolute atomic E-state index is 0.0862. The minimum atomic E-state index is 0.0862. The predicted molar refractivity (Wildman–Crippen MR) is 100 cm³/mol. The highest BCUT2D eigenvalue weighted by atomic mass is 32.1. The lowest BCUT2D eigenvalue weighted by Crippen LogP contribution is -2.31. The molecule has 6 heteroatoms. The Labute approximate surface area is 147 Å². The first kappa shape index (κ1) is 18.4. The topological polar surface area (TPSA) is 79.9 Å². The van der Waals surface area contributed by atoms with E-state index in [1.807, 2.05) is 35.7 Å². The summed E-state index contributed by atoms with van der Waals surface area (Å²) in [6.07, 6.45) is 1.96. The number of aliphatic hydroxyl groups is 1. The van der Waals surface area contributed by atoms with Crippen molar-refractivity contribution in [2.45, 2.75) is 32.4 Å². The lowest BCUT2D eigenvalue weighted by Gasteiger charge is -2.17. The second-order valence-electron chi connectivity index (χ2n) is 5.52.